The number of nitrogens with one attached hydrogen (secondary N) is 2. The fourth-order valence-corrected chi connectivity index (χ4v) is 1.83. The molecule has 0 radical (unpaired) electrons. The van der Waals surface area contributed by atoms with E-state index in [9.17, 15) is 0 Å². The van der Waals surface area contributed by atoms with Crippen molar-refractivity contribution < 1.29 is 4.74 Å². The Morgan fingerprint density at radius 2 is 1.89 bits per heavy atom. The Kier molecular flexibility index (Phi) is 8.79. The van der Waals surface area contributed by atoms with Crippen molar-refractivity contribution in [3.63, 3.8) is 0 Å². The largest absolute Gasteiger partial charge is 0.494 e. The Morgan fingerprint density at radius 1 is 1.28 bits per heavy atom. The molecule has 2 N–H and O–H groups in total. The van der Waals surface area contributed by atoms with E-state index >= 15 is 0 Å². The second-order valence-corrected chi connectivity index (χ2v) is 4.02. The smallest absolute Gasteiger partial charge is 0.222 e. The van der Waals surface area contributed by atoms with Crippen LogP contribution in [-0.2, 0) is 0 Å². The first-order valence-corrected chi connectivity index (χ1v) is 5.69. The molecule has 0 atom stereocenters. The predicted octanol–water partition coefficient (Wildman–Crippen LogP) is 1.74. The van der Waals surface area contributed by atoms with E-state index in [-0.39, 0.29) is 24.8 Å². The van der Waals surface area contributed by atoms with Crippen molar-refractivity contribution in [2.24, 2.45) is 5.92 Å². The first-order valence-electron chi connectivity index (χ1n) is 5.69. The van der Waals surface area contributed by atoms with E-state index in [0.717, 1.165) is 25.6 Å². The summed E-state index contributed by atoms with van der Waals surface area (Å²) in [5.41, 5.74) is 0. The molecule has 1 aromatic heterocycles. The van der Waals surface area contributed by atoms with E-state index in [4.69, 9.17) is 4.74 Å². The molecule has 104 valence electrons. The van der Waals surface area contributed by atoms with Crippen molar-refractivity contribution in [3.05, 3.63) is 12.4 Å². The van der Waals surface area contributed by atoms with Gasteiger partial charge in [0, 0.05) is 6.54 Å². The third-order valence-electron chi connectivity index (χ3n) is 2.87. The van der Waals surface area contributed by atoms with Gasteiger partial charge in [-0.3, -0.25) is 0 Å². The molecule has 1 saturated heterocycles. The van der Waals surface area contributed by atoms with E-state index in [1.807, 2.05) is 0 Å². The average Bonchev–Trinajstić information content (AvgIpc) is 2.38. The molecule has 2 rings (SSSR count). The number of aromatic nitrogens is 2. The molecule has 1 fully saturated rings. The molecule has 1 aromatic rings. The van der Waals surface area contributed by atoms with Crippen LogP contribution in [-0.4, -0.2) is 36.7 Å². The molecule has 1 aliphatic heterocycles. The van der Waals surface area contributed by atoms with Crippen LogP contribution >= 0.6 is 24.8 Å². The summed E-state index contributed by atoms with van der Waals surface area (Å²) in [5.74, 6) is 2.10. The standard InChI is InChI=1S/C11H18N4O.2ClH/c1-16-10-7-14-11(15-8-10)13-6-9-2-4-12-5-3-9;;/h7-9,12H,2-6H2,1H3,(H,13,14,15);2*1H. The lowest BCUT2D eigenvalue weighted by molar-refractivity contribution is 0.389. The van der Waals surface area contributed by atoms with E-state index in [1.54, 1.807) is 19.5 Å². The van der Waals surface area contributed by atoms with Crippen LogP contribution in [0.5, 0.6) is 5.75 Å². The fourth-order valence-electron chi connectivity index (χ4n) is 1.83. The summed E-state index contributed by atoms with van der Waals surface area (Å²) in [4.78, 5) is 8.34. The number of hydrogen-bond donors (Lipinski definition) is 2. The number of halogens is 2. The minimum Gasteiger partial charge on any atom is -0.494 e. The van der Waals surface area contributed by atoms with Crippen LogP contribution in [0.4, 0.5) is 5.95 Å². The second-order valence-electron chi connectivity index (χ2n) is 4.02. The third kappa shape index (κ3) is 5.25. The summed E-state index contributed by atoms with van der Waals surface area (Å²) >= 11 is 0. The summed E-state index contributed by atoms with van der Waals surface area (Å²) in [5, 5.41) is 6.61. The van der Waals surface area contributed by atoms with Crippen LogP contribution in [0.25, 0.3) is 0 Å². The highest BCUT2D eigenvalue weighted by Crippen LogP contribution is 2.12. The van der Waals surface area contributed by atoms with Crippen LogP contribution in [0, 0.1) is 5.92 Å². The summed E-state index contributed by atoms with van der Waals surface area (Å²) in [6.45, 7) is 3.19. The molecular formula is C11H20Cl2N4O. The number of ether oxygens (including phenoxy) is 1. The Balaban J connectivity index is 0.00000144. The maximum Gasteiger partial charge on any atom is 0.222 e. The topological polar surface area (TPSA) is 59.1 Å². The predicted molar refractivity (Wildman–Crippen MR) is 77.2 cm³/mol. The van der Waals surface area contributed by atoms with Gasteiger partial charge >= 0.3 is 0 Å². The molecule has 2 heterocycles. The van der Waals surface area contributed by atoms with Gasteiger partial charge in [0.15, 0.2) is 5.75 Å². The van der Waals surface area contributed by atoms with Gasteiger partial charge < -0.3 is 15.4 Å². The summed E-state index contributed by atoms with van der Waals surface area (Å²) < 4.78 is 5.00. The Bertz CT molecular complexity index is 317. The molecule has 18 heavy (non-hydrogen) atoms. The quantitative estimate of drug-likeness (QED) is 0.886. The van der Waals surface area contributed by atoms with Crippen LogP contribution in [0.1, 0.15) is 12.8 Å². The van der Waals surface area contributed by atoms with Crippen molar-refractivity contribution in [3.8, 4) is 5.75 Å². The zero-order valence-corrected chi connectivity index (χ0v) is 12.0. The number of methoxy groups -OCH3 is 1. The number of nitrogens with zero attached hydrogens (tertiary/aromatic N) is 2. The molecule has 5 nitrogen and oxygen atoms in total. The normalized spacial score (nSPS) is 15.2. The van der Waals surface area contributed by atoms with Crippen molar-refractivity contribution in [2.75, 3.05) is 32.1 Å². The van der Waals surface area contributed by atoms with Gasteiger partial charge in [-0.05, 0) is 31.8 Å². The van der Waals surface area contributed by atoms with Gasteiger partial charge in [-0.25, -0.2) is 9.97 Å². The molecule has 0 aromatic carbocycles. The van der Waals surface area contributed by atoms with Gasteiger partial charge in [-0.2, -0.15) is 0 Å². The minimum absolute atomic E-state index is 0. The number of anilines is 1. The monoisotopic (exact) mass is 294 g/mol. The van der Waals surface area contributed by atoms with E-state index in [0.29, 0.717) is 11.7 Å². The summed E-state index contributed by atoms with van der Waals surface area (Å²) in [6.07, 6.45) is 5.81. The highest BCUT2D eigenvalue weighted by Gasteiger charge is 2.12. The Hall–Kier alpha value is -0.780. The van der Waals surface area contributed by atoms with Crippen molar-refractivity contribution in [1.82, 2.24) is 15.3 Å². The summed E-state index contributed by atoms with van der Waals surface area (Å²) in [7, 11) is 1.61. The highest BCUT2D eigenvalue weighted by molar-refractivity contribution is 5.85. The van der Waals surface area contributed by atoms with Crippen molar-refractivity contribution in [1.29, 1.82) is 0 Å². The van der Waals surface area contributed by atoms with Crippen LogP contribution in [0.3, 0.4) is 0 Å². The van der Waals surface area contributed by atoms with Crippen LogP contribution in [0.2, 0.25) is 0 Å². The van der Waals surface area contributed by atoms with Gasteiger partial charge in [0.05, 0.1) is 19.5 Å². The number of piperidine rings is 1. The number of rotatable bonds is 4. The number of hydrogen-bond acceptors (Lipinski definition) is 5. The van der Waals surface area contributed by atoms with Gasteiger partial charge in [-0.15, -0.1) is 24.8 Å². The highest BCUT2D eigenvalue weighted by atomic mass is 35.5. The second kappa shape index (κ2) is 9.19. The van der Waals surface area contributed by atoms with Crippen LogP contribution < -0.4 is 15.4 Å². The van der Waals surface area contributed by atoms with Gasteiger partial charge in [0.1, 0.15) is 0 Å². The molecule has 0 aliphatic carbocycles. The van der Waals surface area contributed by atoms with Gasteiger partial charge in [0.2, 0.25) is 5.95 Å². The lowest BCUT2D eigenvalue weighted by Gasteiger charge is -2.22. The average molecular weight is 295 g/mol. The molecule has 0 saturated carbocycles. The Labute approximate surface area is 120 Å². The molecule has 0 bridgehead atoms. The van der Waals surface area contributed by atoms with Crippen molar-refractivity contribution in [2.45, 2.75) is 12.8 Å². The fraction of sp³-hybridized carbons (Fsp3) is 0.636. The van der Waals surface area contributed by atoms with E-state index in [2.05, 4.69) is 20.6 Å². The van der Waals surface area contributed by atoms with Gasteiger partial charge in [0.25, 0.3) is 0 Å². The van der Waals surface area contributed by atoms with Gasteiger partial charge in [-0.1, -0.05) is 0 Å². The molecule has 1 aliphatic rings. The van der Waals surface area contributed by atoms with Crippen molar-refractivity contribution >= 4 is 30.8 Å². The Morgan fingerprint density at radius 3 is 2.44 bits per heavy atom. The lowest BCUT2D eigenvalue weighted by Crippen LogP contribution is -2.31. The third-order valence-corrected chi connectivity index (χ3v) is 2.87. The molecule has 0 unspecified atom stereocenters. The lowest BCUT2D eigenvalue weighted by atomic mass is 9.98. The maximum atomic E-state index is 5.00. The summed E-state index contributed by atoms with van der Waals surface area (Å²) in [6, 6.07) is 0. The first-order chi connectivity index (χ1) is 7.88. The zero-order valence-electron chi connectivity index (χ0n) is 10.4. The van der Waals surface area contributed by atoms with E-state index in [1.165, 1.54) is 12.8 Å². The molecule has 7 heteroatoms. The van der Waals surface area contributed by atoms with E-state index < -0.39 is 0 Å². The maximum absolute atomic E-state index is 5.00. The molecule has 0 spiro atoms. The molecular weight excluding hydrogens is 275 g/mol. The molecule has 0 amide bonds. The van der Waals surface area contributed by atoms with Crippen LogP contribution in [0.15, 0.2) is 12.4 Å². The first kappa shape index (κ1) is 17.2. The SMILES string of the molecule is COc1cnc(NCC2CCNCC2)nc1.Cl.Cl. The zero-order chi connectivity index (χ0) is 11.2. The minimum atomic E-state index is 0.